The van der Waals surface area contributed by atoms with Crippen molar-refractivity contribution in [2.75, 3.05) is 0 Å². The molecule has 0 aliphatic rings. The van der Waals surface area contributed by atoms with Crippen LogP contribution in [-0.2, 0) is 0 Å². The molecule has 0 radical (unpaired) electrons. The molecule has 106 valence electrons. The second kappa shape index (κ2) is 5.07. The fourth-order valence-corrected chi connectivity index (χ4v) is 3.23. The Balaban J connectivity index is 2.09. The van der Waals surface area contributed by atoms with Gasteiger partial charge in [0.2, 0.25) is 0 Å². The first-order chi connectivity index (χ1) is 10.8. The Kier molecular flexibility index (Phi) is 3.05. The first kappa shape index (κ1) is 13.2. The van der Waals surface area contributed by atoms with Crippen LogP contribution in [0.25, 0.3) is 21.8 Å². The van der Waals surface area contributed by atoms with Crippen molar-refractivity contribution in [2.24, 2.45) is 0 Å². The summed E-state index contributed by atoms with van der Waals surface area (Å²) in [6.45, 7) is 0. The van der Waals surface area contributed by atoms with Crippen LogP contribution in [0, 0.1) is 0 Å². The highest BCUT2D eigenvalue weighted by Crippen LogP contribution is 2.30. The number of hydrogen-bond acceptors (Lipinski definition) is 2. The molecular formula is C18H11BrN2O. The molecule has 0 N–H and O–H groups in total. The zero-order chi connectivity index (χ0) is 15.1. The molecule has 2 heterocycles. The minimum atomic E-state index is -0.0633. The molecule has 0 aliphatic heterocycles. The van der Waals surface area contributed by atoms with Gasteiger partial charge in [-0.25, -0.2) is 0 Å². The molecule has 0 saturated heterocycles. The van der Waals surface area contributed by atoms with Gasteiger partial charge in [-0.2, -0.15) is 0 Å². The normalized spacial score (nSPS) is 11.1. The molecule has 4 rings (SSSR count). The minimum Gasteiger partial charge on any atom is -0.276 e. The van der Waals surface area contributed by atoms with Gasteiger partial charge in [0.1, 0.15) is 0 Å². The quantitative estimate of drug-likeness (QED) is 0.501. The van der Waals surface area contributed by atoms with E-state index in [-0.39, 0.29) is 5.91 Å². The van der Waals surface area contributed by atoms with E-state index in [4.69, 9.17) is 0 Å². The molecule has 3 nitrogen and oxygen atoms in total. The van der Waals surface area contributed by atoms with E-state index in [9.17, 15) is 4.79 Å². The molecular weight excluding hydrogens is 340 g/mol. The number of hydrogen-bond donors (Lipinski definition) is 0. The standard InChI is InChI=1S/C18H11BrN2O/c19-15-11-20-10-9-14(15)18(22)21-16-7-3-1-5-12(16)13-6-2-4-8-17(13)21/h1-11H. The molecule has 0 aliphatic carbocycles. The Bertz CT molecular complexity index is 967. The van der Waals surface area contributed by atoms with Gasteiger partial charge in [0, 0.05) is 27.6 Å². The van der Waals surface area contributed by atoms with E-state index in [1.807, 2.05) is 48.5 Å². The second-order valence-electron chi connectivity index (χ2n) is 5.03. The third-order valence-corrected chi connectivity index (χ3v) is 4.42. The molecule has 0 bridgehead atoms. The number of fused-ring (bicyclic) bond motifs is 3. The lowest BCUT2D eigenvalue weighted by molar-refractivity contribution is 0.0968. The van der Waals surface area contributed by atoms with Crippen LogP contribution in [0.3, 0.4) is 0 Å². The predicted octanol–water partition coefficient (Wildman–Crippen LogP) is 4.64. The second-order valence-corrected chi connectivity index (χ2v) is 5.88. The van der Waals surface area contributed by atoms with Crippen LogP contribution in [0.5, 0.6) is 0 Å². The van der Waals surface area contributed by atoms with Crippen molar-refractivity contribution in [2.45, 2.75) is 0 Å². The number of carbonyl (C=O) groups excluding carboxylic acids is 1. The fraction of sp³-hybridized carbons (Fsp3) is 0. The number of nitrogens with zero attached hydrogens (tertiary/aromatic N) is 2. The third-order valence-electron chi connectivity index (χ3n) is 3.79. The maximum atomic E-state index is 13.1. The number of halogens is 1. The van der Waals surface area contributed by atoms with Crippen molar-refractivity contribution in [3.05, 3.63) is 77.0 Å². The van der Waals surface area contributed by atoms with Crippen LogP contribution in [0.1, 0.15) is 10.4 Å². The van der Waals surface area contributed by atoms with Crippen LogP contribution >= 0.6 is 15.9 Å². The summed E-state index contributed by atoms with van der Waals surface area (Å²) in [7, 11) is 0. The van der Waals surface area contributed by atoms with Gasteiger partial charge in [-0.1, -0.05) is 36.4 Å². The number of para-hydroxylation sites is 2. The molecule has 0 atom stereocenters. The van der Waals surface area contributed by atoms with Crippen molar-refractivity contribution in [1.82, 2.24) is 9.55 Å². The van der Waals surface area contributed by atoms with Crippen LogP contribution in [0.4, 0.5) is 0 Å². The van der Waals surface area contributed by atoms with E-state index in [0.717, 1.165) is 21.8 Å². The van der Waals surface area contributed by atoms with Crippen molar-refractivity contribution in [1.29, 1.82) is 0 Å². The molecule has 4 aromatic rings. The molecule has 0 saturated carbocycles. The first-order valence-corrected chi connectivity index (χ1v) is 7.69. The Labute approximate surface area is 135 Å². The largest absolute Gasteiger partial charge is 0.276 e. The van der Waals surface area contributed by atoms with Crippen molar-refractivity contribution in [3.8, 4) is 0 Å². The van der Waals surface area contributed by atoms with Gasteiger partial charge in [0.05, 0.1) is 16.6 Å². The summed E-state index contributed by atoms with van der Waals surface area (Å²) in [4.78, 5) is 17.1. The maximum Gasteiger partial charge on any atom is 0.264 e. The SMILES string of the molecule is O=C(c1ccncc1Br)n1c2ccccc2c2ccccc21. The molecule has 22 heavy (non-hydrogen) atoms. The fourth-order valence-electron chi connectivity index (χ4n) is 2.81. The van der Waals surface area contributed by atoms with Gasteiger partial charge < -0.3 is 0 Å². The van der Waals surface area contributed by atoms with E-state index < -0.39 is 0 Å². The van der Waals surface area contributed by atoms with Crippen molar-refractivity contribution >= 4 is 43.6 Å². The summed E-state index contributed by atoms with van der Waals surface area (Å²) in [6.07, 6.45) is 3.27. The van der Waals surface area contributed by atoms with Crippen molar-refractivity contribution < 1.29 is 4.79 Å². The molecule has 0 unspecified atom stereocenters. The number of pyridine rings is 1. The number of aromatic nitrogens is 2. The lowest BCUT2D eigenvalue weighted by atomic mass is 10.2. The highest BCUT2D eigenvalue weighted by atomic mass is 79.9. The van der Waals surface area contributed by atoms with Crippen LogP contribution in [-0.4, -0.2) is 15.5 Å². The third kappa shape index (κ3) is 1.88. The highest BCUT2D eigenvalue weighted by molar-refractivity contribution is 9.10. The van der Waals surface area contributed by atoms with Gasteiger partial charge >= 0.3 is 0 Å². The summed E-state index contributed by atoms with van der Waals surface area (Å²) in [5, 5.41) is 2.16. The number of benzene rings is 2. The highest BCUT2D eigenvalue weighted by Gasteiger charge is 2.18. The zero-order valence-electron chi connectivity index (χ0n) is 11.5. The average Bonchev–Trinajstić information content (AvgIpc) is 2.89. The minimum absolute atomic E-state index is 0.0633. The van der Waals surface area contributed by atoms with Crippen molar-refractivity contribution in [3.63, 3.8) is 0 Å². The Morgan fingerprint density at radius 1 is 0.909 bits per heavy atom. The summed E-state index contributed by atoms with van der Waals surface area (Å²) in [5.41, 5.74) is 2.43. The maximum absolute atomic E-state index is 13.1. The first-order valence-electron chi connectivity index (χ1n) is 6.90. The van der Waals surface area contributed by atoms with Gasteiger partial charge in [-0.05, 0) is 34.1 Å². The molecule has 4 heteroatoms. The smallest absolute Gasteiger partial charge is 0.264 e. The molecule has 2 aromatic heterocycles. The van der Waals surface area contributed by atoms with E-state index in [1.165, 1.54) is 0 Å². The van der Waals surface area contributed by atoms with Gasteiger partial charge in [-0.3, -0.25) is 14.3 Å². The molecule has 0 amide bonds. The Hall–Kier alpha value is -2.46. The molecule has 0 spiro atoms. The average molecular weight is 351 g/mol. The number of rotatable bonds is 1. The lowest BCUT2D eigenvalue weighted by Gasteiger charge is -2.07. The van der Waals surface area contributed by atoms with Gasteiger partial charge in [-0.15, -0.1) is 0 Å². The van der Waals surface area contributed by atoms with Crippen LogP contribution < -0.4 is 0 Å². The molecule has 0 fully saturated rings. The van der Waals surface area contributed by atoms with E-state index >= 15 is 0 Å². The predicted molar refractivity (Wildman–Crippen MR) is 91.1 cm³/mol. The zero-order valence-corrected chi connectivity index (χ0v) is 13.1. The summed E-state index contributed by atoms with van der Waals surface area (Å²) in [6, 6.07) is 17.7. The number of carbonyl (C=O) groups is 1. The topological polar surface area (TPSA) is 34.9 Å². The molecule has 2 aromatic carbocycles. The summed E-state index contributed by atoms with van der Waals surface area (Å²) < 4.78 is 2.46. The lowest BCUT2D eigenvalue weighted by Crippen LogP contribution is -2.12. The summed E-state index contributed by atoms with van der Waals surface area (Å²) >= 11 is 3.41. The van der Waals surface area contributed by atoms with Crippen LogP contribution in [0.2, 0.25) is 0 Å². The van der Waals surface area contributed by atoms with Gasteiger partial charge in [0.15, 0.2) is 0 Å². The van der Waals surface area contributed by atoms with E-state index in [0.29, 0.717) is 10.0 Å². The van der Waals surface area contributed by atoms with Gasteiger partial charge in [0.25, 0.3) is 5.91 Å². The van der Waals surface area contributed by atoms with E-state index in [2.05, 4.69) is 20.9 Å². The Morgan fingerprint density at radius 3 is 2.09 bits per heavy atom. The Morgan fingerprint density at radius 2 is 1.50 bits per heavy atom. The van der Waals surface area contributed by atoms with Crippen LogP contribution in [0.15, 0.2) is 71.5 Å². The summed E-state index contributed by atoms with van der Waals surface area (Å²) in [5.74, 6) is -0.0633. The monoisotopic (exact) mass is 350 g/mol. The van der Waals surface area contributed by atoms with E-state index in [1.54, 1.807) is 23.0 Å².